The second kappa shape index (κ2) is 7.34. The van der Waals surface area contributed by atoms with Gasteiger partial charge in [0.1, 0.15) is 5.82 Å². The van der Waals surface area contributed by atoms with E-state index in [1.165, 1.54) is 24.2 Å². The quantitative estimate of drug-likeness (QED) is 0.712. The number of rotatable bonds is 5. The van der Waals surface area contributed by atoms with E-state index >= 15 is 0 Å². The van der Waals surface area contributed by atoms with Crippen molar-refractivity contribution in [2.45, 2.75) is 45.4 Å². The number of aliphatic hydroxyl groups is 1. The summed E-state index contributed by atoms with van der Waals surface area (Å²) in [6.07, 6.45) is 5.76. The molecule has 0 saturated carbocycles. The van der Waals surface area contributed by atoms with Crippen LogP contribution in [0.25, 0.3) is 11.3 Å². The highest BCUT2D eigenvalue weighted by Gasteiger charge is 2.13. The molecule has 1 atom stereocenters. The Morgan fingerprint density at radius 1 is 1.15 bits per heavy atom. The van der Waals surface area contributed by atoms with E-state index in [-0.39, 0.29) is 12.6 Å². The molecule has 0 aliphatic carbocycles. The predicted octanol–water partition coefficient (Wildman–Crippen LogP) is 4.55. The van der Waals surface area contributed by atoms with Crippen molar-refractivity contribution < 1.29 is 5.11 Å². The largest absolute Gasteiger partial charge is 0.392 e. The lowest BCUT2D eigenvalue weighted by Crippen LogP contribution is -2.08. The number of fused-ring (bicyclic) bond motifs is 1. The maximum atomic E-state index is 9.31. The molecule has 0 radical (unpaired) electrons. The van der Waals surface area contributed by atoms with E-state index in [0.717, 1.165) is 35.5 Å². The lowest BCUT2D eigenvalue weighted by Gasteiger charge is -2.16. The zero-order valence-corrected chi connectivity index (χ0v) is 15.2. The molecule has 3 aromatic rings. The van der Waals surface area contributed by atoms with Crippen LogP contribution in [0, 0.1) is 0 Å². The lowest BCUT2D eigenvalue weighted by molar-refractivity contribution is 0.281. The summed E-state index contributed by atoms with van der Waals surface area (Å²) in [6.45, 7) is 3.30. The minimum atomic E-state index is 0.0733. The van der Waals surface area contributed by atoms with E-state index < -0.39 is 0 Å². The standard InChI is InChI=1S/C22H25N3O/c1-16(19-6-4-5-17(13-19)15-26)23-20-10-8-18(9-11-20)21-14-25-12-3-2-7-22(25)24-21/h4-6,8-11,13-14,16,23,26H,2-3,7,12,15H2,1H3. The van der Waals surface area contributed by atoms with Crippen molar-refractivity contribution in [2.75, 3.05) is 5.32 Å². The van der Waals surface area contributed by atoms with Gasteiger partial charge in [0.2, 0.25) is 0 Å². The fourth-order valence-electron chi connectivity index (χ4n) is 3.58. The number of aromatic nitrogens is 2. The molecule has 0 fully saturated rings. The monoisotopic (exact) mass is 347 g/mol. The maximum absolute atomic E-state index is 9.31. The van der Waals surface area contributed by atoms with Crippen LogP contribution in [0.15, 0.2) is 54.7 Å². The first kappa shape index (κ1) is 16.9. The molecule has 26 heavy (non-hydrogen) atoms. The van der Waals surface area contributed by atoms with Gasteiger partial charge in [-0.2, -0.15) is 0 Å². The number of imidazole rings is 1. The number of benzene rings is 2. The number of nitrogens with one attached hydrogen (secondary N) is 1. The Labute approximate surface area is 154 Å². The van der Waals surface area contributed by atoms with E-state index in [1.807, 2.05) is 18.2 Å². The summed E-state index contributed by atoms with van der Waals surface area (Å²) >= 11 is 0. The summed E-state index contributed by atoms with van der Waals surface area (Å²) in [4.78, 5) is 4.80. The SMILES string of the molecule is CC(Nc1ccc(-c2cn3c(n2)CCCC3)cc1)c1cccc(CO)c1. The molecular formula is C22H25N3O. The molecule has 2 aromatic carbocycles. The van der Waals surface area contributed by atoms with Crippen LogP contribution < -0.4 is 5.32 Å². The van der Waals surface area contributed by atoms with E-state index in [2.05, 4.69) is 53.3 Å². The first-order valence-corrected chi connectivity index (χ1v) is 9.35. The molecule has 1 aromatic heterocycles. The average molecular weight is 347 g/mol. The first-order chi connectivity index (χ1) is 12.7. The highest BCUT2D eigenvalue weighted by molar-refractivity contribution is 5.62. The van der Waals surface area contributed by atoms with Gasteiger partial charge in [-0.3, -0.25) is 0 Å². The summed E-state index contributed by atoms with van der Waals surface area (Å²) in [5, 5.41) is 12.8. The van der Waals surface area contributed by atoms with Crippen LogP contribution in [0.5, 0.6) is 0 Å². The molecule has 1 aliphatic rings. The van der Waals surface area contributed by atoms with Crippen molar-refractivity contribution >= 4 is 5.69 Å². The van der Waals surface area contributed by atoms with Gasteiger partial charge in [0.15, 0.2) is 0 Å². The van der Waals surface area contributed by atoms with Crippen molar-refractivity contribution in [1.29, 1.82) is 0 Å². The summed E-state index contributed by atoms with van der Waals surface area (Å²) in [5.74, 6) is 1.21. The van der Waals surface area contributed by atoms with Gasteiger partial charge < -0.3 is 15.0 Å². The molecule has 4 heteroatoms. The maximum Gasteiger partial charge on any atom is 0.109 e. The summed E-state index contributed by atoms with van der Waals surface area (Å²) < 4.78 is 2.29. The second-order valence-electron chi connectivity index (χ2n) is 7.04. The number of aryl methyl sites for hydroxylation is 2. The minimum Gasteiger partial charge on any atom is -0.392 e. The van der Waals surface area contributed by atoms with E-state index in [1.54, 1.807) is 0 Å². The van der Waals surface area contributed by atoms with E-state index in [9.17, 15) is 5.11 Å². The van der Waals surface area contributed by atoms with Crippen molar-refractivity contribution in [3.63, 3.8) is 0 Å². The summed E-state index contributed by atoms with van der Waals surface area (Å²) in [7, 11) is 0. The number of hydrogen-bond donors (Lipinski definition) is 2. The van der Waals surface area contributed by atoms with Crippen molar-refractivity contribution in [3.8, 4) is 11.3 Å². The molecule has 0 amide bonds. The molecule has 0 saturated heterocycles. The fraction of sp³-hybridized carbons (Fsp3) is 0.318. The number of anilines is 1. The fourth-order valence-corrected chi connectivity index (χ4v) is 3.58. The summed E-state index contributed by atoms with van der Waals surface area (Å²) in [6, 6.07) is 16.7. The molecule has 0 bridgehead atoms. The van der Waals surface area contributed by atoms with Gasteiger partial charge in [0, 0.05) is 36.5 Å². The highest BCUT2D eigenvalue weighted by Crippen LogP contribution is 2.26. The predicted molar refractivity (Wildman–Crippen MR) is 105 cm³/mol. The van der Waals surface area contributed by atoms with Crippen LogP contribution in [0.3, 0.4) is 0 Å². The normalized spacial score (nSPS) is 14.7. The van der Waals surface area contributed by atoms with Crippen molar-refractivity contribution in [1.82, 2.24) is 9.55 Å². The number of hydrogen-bond acceptors (Lipinski definition) is 3. The third kappa shape index (κ3) is 3.51. The van der Waals surface area contributed by atoms with Crippen LogP contribution in [0.4, 0.5) is 5.69 Å². The van der Waals surface area contributed by atoms with Gasteiger partial charge in [0.25, 0.3) is 0 Å². The van der Waals surface area contributed by atoms with Gasteiger partial charge in [-0.25, -0.2) is 4.98 Å². The lowest BCUT2D eigenvalue weighted by atomic mass is 10.0. The van der Waals surface area contributed by atoms with Crippen molar-refractivity contribution in [3.05, 3.63) is 71.7 Å². The molecule has 2 heterocycles. The molecule has 134 valence electrons. The number of aliphatic hydroxyl groups excluding tert-OH is 1. The van der Waals surface area contributed by atoms with Gasteiger partial charge in [0.05, 0.1) is 12.3 Å². The van der Waals surface area contributed by atoms with Gasteiger partial charge in [-0.15, -0.1) is 0 Å². The summed E-state index contributed by atoms with van der Waals surface area (Å²) in [5.41, 5.74) is 5.42. The molecule has 0 spiro atoms. The van der Waals surface area contributed by atoms with Crippen LogP contribution in [0.1, 0.15) is 42.8 Å². The van der Waals surface area contributed by atoms with Crippen LogP contribution >= 0.6 is 0 Å². The van der Waals surface area contributed by atoms with Crippen LogP contribution in [-0.4, -0.2) is 14.7 Å². The Morgan fingerprint density at radius 3 is 2.77 bits per heavy atom. The zero-order chi connectivity index (χ0) is 17.9. The third-order valence-corrected chi connectivity index (χ3v) is 5.11. The third-order valence-electron chi connectivity index (χ3n) is 5.11. The van der Waals surface area contributed by atoms with Crippen molar-refractivity contribution in [2.24, 2.45) is 0 Å². The van der Waals surface area contributed by atoms with Gasteiger partial charge in [-0.1, -0.05) is 36.4 Å². The smallest absolute Gasteiger partial charge is 0.109 e. The molecule has 1 aliphatic heterocycles. The van der Waals surface area contributed by atoms with Crippen LogP contribution in [-0.2, 0) is 19.6 Å². The highest BCUT2D eigenvalue weighted by atomic mass is 16.3. The number of nitrogens with zero attached hydrogens (tertiary/aromatic N) is 2. The average Bonchev–Trinajstić information content (AvgIpc) is 3.13. The van der Waals surface area contributed by atoms with E-state index in [4.69, 9.17) is 4.98 Å². The van der Waals surface area contributed by atoms with Gasteiger partial charge >= 0.3 is 0 Å². The van der Waals surface area contributed by atoms with Crippen LogP contribution in [0.2, 0.25) is 0 Å². The zero-order valence-electron chi connectivity index (χ0n) is 15.2. The molecule has 4 nitrogen and oxygen atoms in total. The molecule has 4 rings (SSSR count). The molecule has 1 unspecified atom stereocenters. The Morgan fingerprint density at radius 2 is 2.00 bits per heavy atom. The second-order valence-corrected chi connectivity index (χ2v) is 7.04. The molecular weight excluding hydrogens is 322 g/mol. The van der Waals surface area contributed by atoms with Gasteiger partial charge in [-0.05, 0) is 43.0 Å². The Kier molecular flexibility index (Phi) is 4.76. The van der Waals surface area contributed by atoms with E-state index in [0.29, 0.717) is 0 Å². The Balaban J connectivity index is 1.48. The first-order valence-electron chi connectivity index (χ1n) is 9.35. The Bertz CT molecular complexity index is 859. The topological polar surface area (TPSA) is 50.1 Å². The minimum absolute atomic E-state index is 0.0733. The molecule has 2 N–H and O–H groups in total. The Hall–Kier alpha value is -2.59.